The van der Waals surface area contributed by atoms with Crippen molar-refractivity contribution in [1.29, 1.82) is 0 Å². The first-order chi connectivity index (χ1) is 14.0. The molecule has 0 saturated carbocycles. The van der Waals surface area contributed by atoms with E-state index in [2.05, 4.69) is 41.4 Å². The van der Waals surface area contributed by atoms with E-state index in [-0.39, 0.29) is 11.9 Å². The summed E-state index contributed by atoms with van der Waals surface area (Å²) in [6.45, 7) is 10.6. The highest BCUT2D eigenvalue weighted by molar-refractivity contribution is 5.81. The highest BCUT2D eigenvalue weighted by Crippen LogP contribution is 2.25. The number of rotatable bonds is 7. The van der Waals surface area contributed by atoms with E-state index < -0.39 is 6.10 Å². The SMILES string of the molecule is CC[C@@H](Oc1ccc(C)cc1)C(=O)N[C@@H](C)c1ccc(N2CCC[C@@H](C)C2)cc1. The van der Waals surface area contributed by atoms with Crippen molar-refractivity contribution in [3.63, 3.8) is 0 Å². The summed E-state index contributed by atoms with van der Waals surface area (Å²) in [6.07, 6.45) is 2.71. The van der Waals surface area contributed by atoms with Crippen LogP contribution >= 0.6 is 0 Å². The highest BCUT2D eigenvalue weighted by atomic mass is 16.5. The van der Waals surface area contributed by atoms with Crippen molar-refractivity contribution in [1.82, 2.24) is 5.32 Å². The summed E-state index contributed by atoms with van der Waals surface area (Å²) in [6, 6.07) is 16.4. The number of ether oxygens (including phenoxy) is 1. The van der Waals surface area contributed by atoms with Crippen molar-refractivity contribution < 1.29 is 9.53 Å². The number of hydrogen-bond acceptors (Lipinski definition) is 3. The second kappa shape index (κ2) is 9.82. The van der Waals surface area contributed by atoms with Gasteiger partial charge in [0.2, 0.25) is 0 Å². The van der Waals surface area contributed by atoms with Crippen LogP contribution < -0.4 is 15.0 Å². The van der Waals surface area contributed by atoms with E-state index in [0.717, 1.165) is 30.3 Å². The van der Waals surface area contributed by atoms with Crippen LogP contribution in [0.15, 0.2) is 48.5 Å². The molecule has 1 aliphatic heterocycles. The van der Waals surface area contributed by atoms with Gasteiger partial charge in [-0.05, 0) is 68.9 Å². The Kier molecular flexibility index (Phi) is 7.18. The van der Waals surface area contributed by atoms with Crippen LogP contribution in [0.2, 0.25) is 0 Å². The van der Waals surface area contributed by atoms with Crippen LogP contribution in [0.5, 0.6) is 5.75 Å². The molecule has 4 heteroatoms. The fourth-order valence-electron chi connectivity index (χ4n) is 3.89. The molecule has 29 heavy (non-hydrogen) atoms. The Morgan fingerprint density at radius 1 is 1.17 bits per heavy atom. The van der Waals surface area contributed by atoms with Crippen molar-refractivity contribution in [2.24, 2.45) is 5.92 Å². The maximum absolute atomic E-state index is 12.7. The Bertz CT molecular complexity index is 785. The summed E-state index contributed by atoms with van der Waals surface area (Å²) in [5.74, 6) is 1.40. The monoisotopic (exact) mass is 394 g/mol. The number of benzene rings is 2. The van der Waals surface area contributed by atoms with Crippen molar-refractivity contribution in [2.75, 3.05) is 18.0 Å². The van der Waals surface area contributed by atoms with Gasteiger partial charge in [-0.25, -0.2) is 0 Å². The minimum Gasteiger partial charge on any atom is -0.481 e. The van der Waals surface area contributed by atoms with E-state index in [1.807, 2.05) is 45.0 Å². The van der Waals surface area contributed by atoms with E-state index in [4.69, 9.17) is 4.74 Å². The summed E-state index contributed by atoms with van der Waals surface area (Å²) in [7, 11) is 0. The number of carbonyl (C=O) groups excluding carboxylic acids is 1. The molecule has 4 nitrogen and oxygen atoms in total. The van der Waals surface area contributed by atoms with Crippen LogP contribution in [-0.2, 0) is 4.79 Å². The fourth-order valence-corrected chi connectivity index (χ4v) is 3.89. The highest BCUT2D eigenvalue weighted by Gasteiger charge is 2.21. The van der Waals surface area contributed by atoms with Crippen molar-refractivity contribution >= 4 is 11.6 Å². The van der Waals surface area contributed by atoms with E-state index in [0.29, 0.717) is 6.42 Å². The second-order valence-electron chi connectivity index (χ2n) is 8.34. The van der Waals surface area contributed by atoms with Crippen LogP contribution in [0.1, 0.15) is 57.2 Å². The molecule has 2 aromatic carbocycles. The third-order valence-corrected chi connectivity index (χ3v) is 5.74. The zero-order valence-electron chi connectivity index (χ0n) is 18.2. The number of nitrogens with zero attached hydrogens (tertiary/aromatic N) is 1. The van der Waals surface area contributed by atoms with Crippen molar-refractivity contribution in [3.05, 3.63) is 59.7 Å². The smallest absolute Gasteiger partial charge is 0.261 e. The Labute approximate surface area is 175 Å². The number of piperidine rings is 1. The molecule has 1 saturated heterocycles. The molecule has 1 amide bonds. The molecule has 3 rings (SSSR count). The zero-order valence-corrected chi connectivity index (χ0v) is 18.2. The average molecular weight is 395 g/mol. The summed E-state index contributed by atoms with van der Waals surface area (Å²) >= 11 is 0. The summed E-state index contributed by atoms with van der Waals surface area (Å²) < 4.78 is 5.91. The molecule has 1 N–H and O–H groups in total. The van der Waals surface area contributed by atoms with E-state index in [9.17, 15) is 4.79 Å². The van der Waals surface area contributed by atoms with Crippen LogP contribution in [0.4, 0.5) is 5.69 Å². The van der Waals surface area contributed by atoms with Gasteiger partial charge in [-0.2, -0.15) is 0 Å². The van der Waals surface area contributed by atoms with Gasteiger partial charge in [0.05, 0.1) is 6.04 Å². The minimum absolute atomic E-state index is 0.0625. The minimum atomic E-state index is -0.491. The Hall–Kier alpha value is -2.49. The van der Waals surface area contributed by atoms with Gasteiger partial charge in [0.1, 0.15) is 5.75 Å². The largest absolute Gasteiger partial charge is 0.481 e. The van der Waals surface area contributed by atoms with Gasteiger partial charge in [0.15, 0.2) is 6.10 Å². The number of hydrogen-bond donors (Lipinski definition) is 1. The number of nitrogens with one attached hydrogen (secondary N) is 1. The first-order valence-corrected chi connectivity index (χ1v) is 10.8. The standard InChI is InChI=1S/C25H34N2O2/c1-5-24(29-23-14-8-18(2)9-15-23)25(28)26-20(4)21-10-12-22(13-11-21)27-16-6-7-19(3)17-27/h8-15,19-20,24H,5-7,16-17H2,1-4H3,(H,26,28)/t19-,20+,24-/m1/s1. The molecule has 0 radical (unpaired) electrons. The van der Waals surface area contributed by atoms with Gasteiger partial charge in [0, 0.05) is 18.8 Å². The second-order valence-corrected chi connectivity index (χ2v) is 8.34. The Balaban J connectivity index is 1.58. The van der Waals surface area contributed by atoms with Gasteiger partial charge in [0.25, 0.3) is 5.91 Å². The van der Waals surface area contributed by atoms with Crippen LogP contribution in [0.25, 0.3) is 0 Å². The molecule has 0 unspecified atom stereocenters. The predicted molar refractivity (Wildman–Crippen MR) is 119 cm³/mol. The first kappa shape index (κ1) is 21.2. The lowest BCUT2D eigenvalue weighted by Crippen LogP contribution is -2.39. The van der Waals surface area contributed by atoms with E-state index >= 15 is 0 Å². The zero-order chi connectivity index (χ0) is 20.8. The molecule has 0 spiro atoms. The molecular formula is C25H34N2O2. The lowest BCUT2D eigenvalue weighted by molar-refractivity contribution is -0.128. The molecule has 3 atom stereocenters. The summed E-state index contributed by atoms with van der Waals surface area (Å²) in [5, 5.41) is 3.11. The van der Waals surface area contributed by atoms with Gasteiger partial charge < -0.3 is 15.0 Å². The van der Waals surface area contributed by atoms with E-state index in [1.54, 1.807) is 0 Å². The molecule has 0 aliphatic carbocycles. The maximum atomic E-state index is 12.7. The first-order valence-electron chi connectivity index (χ1n) is 10.8. The average Bonchev–Trinajstić information content (AvgIpc) is 2.73. The van der Waals surface area contributed by atoms with Crippen molar-refractivity contribution in [2.45, 2.75) is 59.1 Å². The quantitative estimate of drug-likeness (QED) is 0.696. The van der Waals surface area contributed by atoms with Gasteiger partial charge >= 0.3 is 0 Å². The van der Waals surface area contributed by atoms with Crippen LogP contribution in [-0.4, -0.2) is 25.1 Å². The van der Waals surface area contributed by atoms with Gasteiger partial charge in [-0.3, -0.25) is 4.79 Å². The van der Waals surface area contributed by atoms with E-state index in [1.165, 1.54) is 24.1 Å². The summed E-state index contributed by atoms with van der Waals surface area (Å²) in [4.78, 5) is 15.2. The molecule has 156 valence electrons. The number of anilines is 1. The van der Waals surface area contributed by atoms with Crippen molar-refractivity contribution in [3.8, 4) is 5.75 Å². The van der Waals surface area contributed by atoms with Gasteiger partial charge in [-0.1, -0.05) is 43.7 Å². The van der Waals surface area contributed by atoms with Gasteiger partial charge in [-0.15, -0.1) is 0 Å². The Morgan fingerprint density at radius 2 is 1.86 bits per heavy atom. The van der Waals surface area contributed by atoms with Crippen LogP contribution in [0, 0.1) is 12.8 Å². The maximum Gasteiger partial charge on any atom is 0.261 e. The van der Waals surface area contributed by atoms with Crippen LogP contribution in [0.3, 0.4) is 0 Å². The molecule has 1 heterocycles. The topological polar surface area (TPSA) is 41.6 Å². The Morgan fingerprint density at radius 3 is 2.48 bits per heavy atom. The third kappa shape index (κ3) is 5.75. The molecular weight excluding hydrogens is 360 g/mol. The predicted octanol–water partition coefficient (Wildman–Crippen LogP) is 5.27. The molecule has 0 bridgehead atoms. The lowest BCUT2D eigenvalue weighted by atomic mass is 9.99. The number of carbonyl (C=O) groups is 1. The third-order valence-electron chi connectivity index (χ3n) is 5.74. The molecule has 1 fully saturated rings. The normalized spacial score (nSPS) is 18.8. The molecule has 1 aliphatic rings. The molecule has 0 aromatic heterocycles. The fraction of sp³-hybridized carbons (Fsp3) is 0.480. The molecule has 2 aromatic rings. The lowest BCUT2D eigenvalue weighted by Gasteiger charge is -2.33. The summed E-state index contributed by atoms with van der Waals surface area (Å²) in [5.41, 5.74) is 3.55. The number of amides is 1. The number of aryl methyl sites for hydroxylation is 1.